The lowest BCUT2D eigenvalue weighted by Gasteiger charge is -2.12. The van der Waals surface area contributed by atoms with Gasteiger partial charge < -0.3 is 10.6 Å². The van der Waals surface area contributed by atoms with Crippen molar-refractivity contribution in [3.63, 3.8) is 0 Å². The molecule has 0 spiro atoms. The zero-order valence-corrected chi connectivity index (χ0v) is 16.9. The predicted octanol–water partition coefficient (Wildman–Crippen LogP) is 3.90. The topological polar surface area (TPSA) is 100 Å². The van der Waals surface area contributed by atoms with Crippen LogP contribution in [0.15, 0.2) is 41.1 Å². The van der Waals surface area contributed by atoms with Crippen molar-refractivity contribution in [2.75, 3.05) is 16.0 Å². The lowest BCUT2D eigenvalue weighted by atomic mass is 10.2. The molecule has 2 heterocycles. The van der Waals surface area contributed by atoms with Crippen molar-refractivity contribution in [2.45, 2.75) is 20.3 Å². The molecule has 3 aromatic rings. The van der Waals surface area contributed by atoms with E-state index >= 15 is 0 Å². The molecule has 28 heavy (non-hydrogen) atoms. The molecule has 0 radical (unpaired) electrons. The van der Waals surface area contributed by atoms with Crippen LogP contribution in [0.2, 0.25) is 0 Å². The maximum atomic E-state index is 12.4. The van der Waals surface area contributed by atoms with Crippen LogP contribution in [0.3, 0.4) is 0 Å². The van der Waals surface area contributed by atoms with E-state index in [4.69, 9.17) is 0 Å². The van der Waals surface area contributed by atoms with Crippen molar-refractivity contribution in [2.24, 2.45) is 0 Å². The minimum atomic E-state index is -0.265. The molecule has 9 heteroatoms. The van der Waals surface area contributed by atoms with Gasteiger partial charge in [-0.05, 0) is 36.1 Å². The van der Waals surface area contributed by atoms with Gasteiger partial charge in [0.15, 0.2) is 5.13 Å². The van der Waals surface area contributed by atoms with E-state index in [1.807, 2.05) is 18.4 Å². The summed E-state index contributed by atoms with van der Waals surface area (Å²) in [6.07, 6.45) is 0.0544. The zero-order valence-electron chi connectivity index (χ0n) is 15.2. The number of aromatic nitrogens is 1. The normalized spacial score (nSPS) is 10.4. The van der Waals surface area contributed by atoms with Gasteiger partial charge in [0.1, 0.15) is 0 Å². The second-order valence-corrected chi connectivity index (χ2v) is 7.84. The minimum Gasteiger partial charge on any atom is -0.325 e. The van der Waals surface area contributed by atoms with Crippen LogP contribution in [0.4, 0.5) is 16.5 Å². The smallest absolute Gasteiger partial charge is 0.267 e. The third-order valence-electron chi connectivity index (χ3n) is 3.62. The maximum Gasteiger partial charge on any atom is 0.267 e. The molecule has 1 aromatic carbocycles. The summed E-state index contributed by atoms with van der Waals surface area (Å²) in [6, 6.07) is 8.92. The predicted molar refractivity (Wildman–Crippen MR) is 112 cm³/mol. The van der Waals surface area contributed by atoms with Crippen LogP contribution in [0, 0.1) is 6.92 Å². The summed E-state index contributed by atoms with van der Waals surface area (Å²) in [4.78, 5) is 40.7. The molecule has 0 atom stereocenters. The fourth-order valence-electron chi connectivity index (χ4n) is 2.43. The molecular weight excluding hydrogens is 396 g/mol. The second-order valence-electron chi connectivity index (χ2n) is 6.03. The second kappa shape index (κ2) is 8.77. The number of thiazole rings is 1. The van der Waals surface area contributed by atoms with E-state index in [0.717, 1.165) is 5.56 Å². The monoisotopic (exact) mass is 414 g/mol. The van der Waals surface area contributed by atoms with Crippen molar-refractivity contribution >= 4 is 56.9 Å². The number of thiophene rings is 1. The molecule has 3 N–H and O–H groups in total. The fraction of sp³-hybridized carbons (Fsp3) is 0.158. The van der Waals surface area contributed by atoms with E-state index in [1.165, 1.54) is 29.6 Å². The third kappa shape index (κ3) is 5.24. The first kappa shape index (κ1) is 19.7. The van der Waals surface area contributed by atoms with Crippen molar-refractivity contribution in [1.82, 2.24) is 4.98 Å². The average Bonchev–Trinajstić information content (AvgIpc) is 3.29. The zero-order chi connectivity index (χ0) is 20.1. The van der Waals surface area contributed by atoms with Crippen molar-refractivity contribution in [3.8, 4) is 0 Å². The van der Waals surface area contributed by atoms with Crippen molar-refractivity contribution in [3.05, 3.63) is 57.2 Å². The van der Waals surface area contributed by atoms with Gasteiger partial charge in [-0.1, -0.05) is 12.1 Å². The number of carbonyl (C=O) groups excluding carboxylic acids is 3. The maximum absolute atomic E-state index is 12.4. The number of amides is 3. The highest BCUT2D eigenvalue weighted by Gasteiger charge is 2.13. The molecule has 0 aliphatic carbocycles. The Morgan fingerprint density at radius 2 is 1.86 bits per heavy atom. The van der Waals surface area contributed by atoms with Gasteiger partial charge in [0.2, 0.25) is 11.8 Å². The number of nitrogens with zero attached hydrogens (tertiary/aromatic N) is 1. The minimum absolute atomic E-state index is 0.0544. The van der Waals surface area contributed by atoms with Crippen LogP contribution in [0.5, 0.6) is 0 Å². The average molecular weight is 415 g/mol. The van der Waals surface area contributed by atoms with Gasteiger partial charge >= 0.3 is 0 Å². The van der Waals surface area contributed by atoms with Gasteiger partial charge in [-0.25, -0.2) is 4.98 Å². The standard InChI is InChI=1S/C19H18N4O3S2/c1-11-5-6-14(20-12(2)24)15(8-11)22-17(25)9-13-10-28-19(21-13)23-18(26)16-4-3-7-27-16/h3-8,10H,9H2,1-2H3,(H,20,24)(H,22,25)(H,21,23,26). The van der Waals surface area contributed by atoms with Gasteiger partial charge in [0, 0.05) is 12.3 Å². The first-order valence-electron chi connectivity index (χ1n) is 8.38. The Hall–Kier alpha value is -3.04. The Balaban J connectivity index is 1.63. The molecule has 0 fully saturated rings. The number of carbonyl (C=O) groups is 3. The molecule has 0 aliphatic rings. The molecule has 3 amide bonds. The molecule has 0 bridgehead atoms. The van der Waals surface area contributed by atoms with Crippen LogP contribution in [-0.2, 0) is 16.0 Å². The Bertz CT molecular complexity index is 1010. The first-order valence-corrected chi connectivity index (χ1v) is 10.1. The van der Waals surface area contributed by atoms with Gasteiger partial charge in [0.25, 0.3) is 5.91 Å². The highest BCUT2D eigenvalue weighted by atomic mass is 32.1. The van der Waals surface area contributed by atoms with Crippen LogP contribution in [0.1, 0.15) is 27.9 Å². The lowest BCUT2D eigenvalue weighted by Crippen LogP contribution is -2.17. The van der Waals surface area contributed by atoms with Crippen LogP contribution >= 0.6 is 22.7 Å². The highest BCUT2D eigenvalue weighted by Crippen LogP contribution is 2.24. The Morgan fingerprint density at radius 1 is 1.04 bits per heavy atom. The van der Waals surface area contributed by atoms with Crippen molar-refractivity contribution < 1.29 is 14.4 Å². The summed E-state index contributed by atoms with van der Waals surface area (Å²) in [7, 11) is 0. The van der Waals surface area contributed by atoms with E-state index < -0.39 is 0 Å². The van der Waals surface area contributed by atoms with Crippen LogP contribution < -0.4 is 16.0 Å². The van der Waals surface area contributed by atoms with E-state index in [2.05, 4.69) is 20.9 Å². The summed E-state index contributed by atoms with van der Waals surface area (Å²) in [5.74, 6) is -0.705. The number of aryl methyl sites for hydroxylation is 1. The third-order valence-corrected chi connectivity index (χ3v) is 5.29. The summed E-state index contributed by atoms with van der Waals surface area (Å²) in [6.45, 7) is 3.31. The number of hydrogen-bond acceptors (Lipinski definition) is 6. The van der Waals surface area contributed by atoms with Gasteiger partial charge in [-0.15, -0.1) is 22.7 Å². The van der Waals surface area contributed by atoms with E-state index in [9.17, 15) is 14.4 Å². The Morgan fingerprint density at radius 3 is 2.57 bits per heavy atom. The largest absolute Gasteiger partial charge is 0.325 e. The number of nitrogens with one attached hydrogen (secondary N) is 3. The molecule has 2 aromatic heterocycles. The summed E-state index contributed by atoms with van der Waals surface area (Å²) in [5.41, 5.74) is 2.57. The fourth-order valence-corrected chi connectivity index (χ4v) is 3.76. The molecule has 7 nitrogen and oxygen atoms in total. The van der Waals surface area contributed by atoms with Gasteiger partial charge in [-0.3, -0.25) is 19.7 Å². The van der Waals surface area contributed by atoms with Crippen LogP contribution in [-0.4, -0.2) is 22.7 Å². The molecule has 0 aliphatic heterocycles. The molecule has 0 unspecified atom stereocenters. The number of hydrogen-bond donors (Lipinski definition) is 3. The SMILES string of the molecule is CC(=O)Nc1ccc(C)cc1NC(=O)Cc1csc(NC(=O)c2cccs2)n1. The van der Waals surface area contributed by atoms with Crippen LogP contribution in [0.25, 0.3) is 0 Å². The molecule has 144 valence electrons. The molecular formula is C19H18N4O3S2. The van der Waals surface area contributed by atoms with Gasteiger partial charge in [0.05, 0.1) is 28.4 Å². The number of anilines is 3. The van der Waals surface area contributed by atoms with E-state index in [-0.39, 0.29) is 24.1 Å². The number of benzene rings is 1. The Labute approximate surface area is 169 Å². The highest BCUT2D eigenvalue weighted by molar-refractivity contribution is 7.14. The number of rotatable bonds is 6. The van der Waals surface area contributed by atoms with E-state index in [1.54, 1.807) is 29.6 Å². The molecule has 3 rings (SSSR count). The summed E-state index contributed by atoms with van der Waals surface area (Å²) >= 11 is 2.61. The summed E-state index contributed by atoms with van der Waals surface area (Å²) < 4.78 is 0. The lowest BCUT2D eigenvalue weighted by molar-refractivity contribution is -0.116. The first-order chi connectivity index (χ1) is 13.4. The summed E-state index contributed by atoms with van der Waals surface area (Å²) in [5, 5.41) is 12.2. The van der Waals surface area contributed by atoms with E-state index in [0.29, 0.717) is 27.1 Å². The quantitative estimate of drug-likeness (QED) is 0.569. The Kier molecular flexibility index (Phi) is 6.17. The van der Waals surface area contributed by atoms with Gasteiger partial charge in [-0.2, -0.15) is 0 Å². The molecule has 0 saturated carbocycles. The van der Waals surface area contributed by atoms with Crippen molar-refractivity contribution in [1.29, 1.82) is 0 Å². The molecule has 0 saturated heterocycles.